The standard InChI is InChI=1S/C19H28N2O2S/c1-2-3-6-15-9-11-20(12-10-15)13-16(22)14-21-17-7-4-5-8-18(17)24-19(21)23/h4-5,7-8,15-16,22H,2-3,6,9-14H2,1H3. The zero-order valence-electron chi connectivity index (χ0n) is 14.5. The third-order valence-corrected chi connectivity index (χ3v) is 6.07. The molecule has 1 atom stereocenters. The molecule has 1 aromatic heterocycles. The molecule has 1 aliphatic rings. The number of aliphatic hydroxyl groups excluding tert-OH is 1. The first-order valence-corrected chi connectivity index (χ1v) is 9.97. The Morgan fingerprint density at radius 2 is 2.00 bits per heavy atom. The fourth-order valence-electron chi connectivity index (χ4n) is 3.70. The maximum Gasteiger partial charge on any atom is 0.308 e. The minimum atomic E-state index is -0.493. The zero-order valence-corrected chi connectivity index (χ0v) is 15.3. The monoisotopic (exact) mass is 348 g/mol. The van der Waals surface area contributed by atoms with Gasteiger partial charge >= 0.3 is 4.87 Å². The summed E-state index contributed by atoms with van der Waals surface area (Å²) < 4.78 is 2.71. The van der Waals surface area contributed by atoms with Crippen LogP contribution in [0, 0.1) is 5.92 Å². The van der Waals surface area contributed by atoms with Gasteiger partial charge in [-0.1, -0.05) is 49.7 Å². The van der Waals surface area contributed by atoms with Crippen LogP contribution in [0.3, 0.4) is 0 Å². The van der Waals surface area contributed by atoms with E-state index in [9.17, 15) is 9.90 Å². The minimum absolute atomic E-state index is 0.0218. The first-order valence-electron chi connectivity index (χ1n) is 9.16. The summed E-state index contributed by atoms with van der Waals surface area (Å²) in [5.74, 6) is 0.863. The Balaban J connectivity index is 1.53. The molecule has 2 heterocycles. The Labute approximate surface area is 147 Å². The number of aliphatic hydroxyl groups is 1. The van der Waals surface area contributed by atoms with Crippen LogP contribution in [-0.4, -0.2) is 40.3 Å². The summed E-state index contributed by atoms with van der Waals surface area (Å²) in [6, 6.07) is 7.81. The summed E-state index contributed by atoms with van der Waals surface area (Å²) in [6.45, 7) is 5.45. The topological polar surface area (TPSA) is 45.5 Å². The lowest BCUT2D eigenvalue weighted by molar-refractivity contribution is 0.0773. The molecule has 1 saturated heterocycles. The Morgan fingerprint density at radius 3 is 2.75 bits per heavy atom. The third kappa shape index (κ3) is 4.26. The Bertz CT molecular complexity index is 701. The third-order valence-electron chi connectivity index (χ3n) is 5.11. The predicted octanol–water partition coefficient (Wildman–Crippen LogP) is 3.33. The molecule has 1 unspecified atom stereocenters. The second-order valence-electron chi connectivity index (χ2n) is 6.99. The number of para-hydroxylation sites is 1. The Morgan fingerprint density at radius 1 is 1.25 bits per heavy atom. The van der Waals surface area contributed by atoms with Crippen LogP contribution in [0.4, 0.5) is 0 Å². The summed E-state index contributed by atoms with van der Waals surface area (Å²) in [4.78, 5) is 14.5. The van der Waals surface area contributed by atoms with Crippen LogP contribution in [0.1, 0.15) is 39.0 Å². The average molecular weight is 349 g/mol. The normalized spacial score (nSPS) is 18.2. The van der Waals surface area contributed by atoms with Gasteiger partial charge in [0.05, 0.1) is 22.9 Å². The average Bonchev–Trinajstić information content (AvgIpc) is 2.90. The highest BCUT2D eigenvalue weighted by Gasteiger charge is 2.21. The highest BCUT2D eigenvalue weighted by Crippen LogP contribution is 2.23. The molecule has 0 radical (unpaired) electrons. The molecule has 3 rings (SSSR count). The van der Waals surface area contributed by atoms with Gasteiger partial charge in [0.15, 0.2) is 0 Å². The molecule has 1 aliphatic heterocycles. The number of piperidine rings is 1. The van der Waals surface area contributed by atoms with Gasteiger partial charge in [-0.3, -0.25) is 9.36 Å². The number of hydrogen-bond donors (Lipinski definition) is 1. The molecular formula is C19H28N2O2S. The van der Waals surface area contributed by atoms with E-state index in [4.69, 9.17) is 0 Å². The van der Waals surface area contributed by atoms with Gasteiger partial charge in [0, 0.05) is 6.54 Å². The van der Waals surface area contributed by atoms with Crippen molar-refractivity contribution >= 4 is 21.6 Å². The predicted molar refractivity (Wildman–Crippen MR) is 101 cm³/mol. The number of benzene rings is 1. The molecule has 1 fully saturated rings. The van der Waals surface area contributed by atoms with Gasteiger partial charge in [-0.05, 0) is 44.0 Å². The van der Waals surface area contributed by atoms with E-state index < -0.39 is 6.10 Å². The van der Waals surface area contributed by atoms with Crippen molar-refractivity contribution in [2.24, 2.45) is 5.92 Å². The van der Waals surface area contributed by atoms with Crippen molar-refractivity contribution in [3.8, 4) is 0 Å². The molecule has 24 heavy (non-hydrogen) atoms. The summed E-state index contributed by atoms with van der Waals surface area (Å²) in [5.41, 5.74) is 0.935. The lowest BCUT2D eigenvalue weighted by Crippen LogP contribution is -2.40. The minimum Gasteiger partial charge on any atom is -0.390 e. The molecule has 0 aliphatic carbocycles. The lowest BCUT2D eigenvalue weighted by atomic mass is 9.91. The SMILES string of the molecule is CCCCC1CCN(CC(O)Cn2c(=O)sc3ccccc32)CC1. The second-order valence-corrected chi connectivity index (χ2v) is 7.98. The number of aromatic nitrogens is 1. The number of thiazole rings is 1. The maximum absolute atomic E-state index is 12.2. The lowest BCUT2D eigenvalue weighted by Gasteiger charge is -2.33. The van der Waals surface area contributed by atoms with Crippen molar-refractivity contribution in [1.82, 2.24) is 9.47 Å². The number of fused-ring (bicyclic) bond motifs is 1. The number of β-amino-alcohol motifs (C(OH)–C–C–N with tert-alkyl or cyclic N) is 1. The number of hydrogen-bond acceptors (Lipinski definition) is 4. The molecule has 2 aromatic rings. The quantitative estimate of drug-likeness (QED) is 0.835. The van der Waals surface area contributed by atoms with Gasteiger partial charge in [0.25, 0.3) is 0 Å². The van der Waals surface area contributed by atoms with Crippen molar-refractivity contribution in [2.45, 2.75) is 51.7 Å². The van der Waals surface area contributed by atoms with Crippen LogP contribution in [-0.2, 0) is 6.54 Å². The van der Waals surface area contributed by atoms with E-state index in [-0.39, 0.29) is 4.87 Å². The molecule has 5 heteroatoms. The van der Waals surface area contributed by atoms with E-state index in [1.807, 2.05) is 24.3 Å². The summed E-state index contributed by atoms with van der Waals surface area (Å²) in [5, 5.41) is 10.5. The van der Waals surface area contributed by atoms with Gasteiger partial charge in [0.1, 0.15) is 0 Å². The van der Waals surface area contributed by atoms with Gasteiger partial charge in [-0.2, -0.15) is 0 Å². The molecule has 0 amide bonds. The van der Waals surface area contributed by atoms with Crippen LogP contribution in [0.2, 0.25) is 0 Å². The van der Waals surface area contributed by atoms with Crippen molar-refractivity contribution in [1.29, 1.82) is 0 Å². The van der Waals surface area contributed by atoms with Crippen LogP contribution >= 0.6 is 11.3 Å². The molecule has 132 valence electrons. The Hall–Kier alpha value is -1.17. The van der Waals surface area contributed by atoms with E-state index in [2.05, 4.69) is 11.8 Å². The summed E-state index contributed by atoms with van der Waals surface area (Å²) in [7, 11) is 0. The van der Waals surface area contributed by atoms with Gasteiger partial charge in [-0.25, -0.2) is 0 Å². The molecular weight excluding hydrogens is 320 g/mol. The molecule has 1 aromatic carbocycles. The molecule has 0 bridgehead atoms. The van der Waals surface area contributed by atoms with E-state index in [0.29, 0.717) is 13.1 Å². The van der Waals surface area contributed by atoms with Crippen LogP contribution in [0.5, 0.6) is 0 Å². The number of unbranched alkanes of at least 4 members (excludes halogenated alkanes) is 1. The van der Waals surface area contributed by atoms with E-state index in [1.165, 1.54) is 43.4 Å². The first kappa shape index (κ1) is 17.6. The summed E-state index contributed by atoms with van der Waals surface area (Å²) >= 11 is 1.26. The number of likely N-dealkylation sites (tertiary alicyclic amines) is 1. The van der Waals surface area contributed by atoms with E-state index in [1.54, 1.807) is 4.57 Å². The highest BCUT2D eigenvalue weighted by molar-refractivity contribution is 7.16. The highest BCUT2D eigenvalue weighted by atomic mass is 32.1. The fraction of sp³-hybridized carbons (Fsp3) is 0.632. The van der Waals surface area contributed by atoms with E-state index in [0.717, 1.165) is 29.2 Å². The van der Waals surface area contributed by atoms with Crippen molar-refractivity contribution in [3.63, 3.8) is 0 Å². The molecule has 0 spiro atoms. The van der Waals surface area contributed by atoms with Gasteiger partial charge < -0.3 is 10.0 Å². The van der Waals surface area contributed by atoms with Gasteiger partial charge in [0.2, 0.25) is 0 Å². The van der Waals surface area contributed by atoms with Crippen molar-refractivity contribution in [2.75, 3.05) is 19.6 Å². The van der Waals surface area contributed by atoms with Crippen molar-refractivity contribution < 1.29 is 5.11 Å². The van der Waals surface area contributed by atoms with Crippen LogP contribution < -0.4 is 4.87 Å². The van der Waals surface area contributed by atoms with Gasteiger partial charge in [-0.15, -0.1) is 0 Å². The maximum atomic E-state index is 12.2. The van der Waals surface area contributed by atoms with E-state index >= 15 is 0 Å². The van der Waals surface area contributed by atoms with Crippen molar-refractivity contribution in [3.05, 3.63) is 33.9 Å². The number of rotatable bonds is 7. The van der Waals surface area contributed by atoms with Crippen LogP contribution in [0.25, 0.3) is 10.2 Å². The summed E-state index contributed by atoms with van der Waals surface area (Å²) in [6.07, 6.45) is 5.96. The molecule has 4 nitrogen and oxygen atoms in total. The second kappa shape index (κ2) is 8.28. The van der Waals surface area contributed by atoms with Crippen LogP contribution in [0.15, 0.2) is 29.1 Å². The first-order chi connectivity index (χ1) is 11.7. The number of nitrogens with zero attached hydrogens (tertiary/aromatic N) is 2. The fourth-order valence-corrected chi connectivity index (χ4v) is 4.60. The molecule has 1 N–H and O–H groups in total. The zero-order chi connectivity index (χ0) is 16.9. The Kier molecular flexibility index (Phi) is 6.09. The smallest absolute Gasteiger partial charge is 0.308 e. The largest absolute Gasteiger partial charge is 0.390 e. The molecule has 0 saturated carbocycles.